The maximum Gasteiger partial charge on any atom is 0.117 e. The Hall–Kier alpha value is -1.60. The molecule has 0 bridgehead atoms. The van der Waals surface area contributed by atoms with E-state index in [9.17, 15) is 5.11 Å². The van der Waals surface area contributed by atoms with Crippen LogP contribution in [0.1, 0.15) is 44.2 Å². The van der Waals surface area contributed by atoms with E-state index < -0.39 is 5.60 Å². The van der Waals surface area contributed by atoms with E-state index in [1.54, 1.807) is 0 Å². The van der Waals surface area contributed by atoms with Crippen molar-refractivity contribution in [3.05, 3.63) is 71.8 Å². The highest BCUT2D eigenvalue weighted by atomic mass is 16.3. The van der Waals surface area contributed by atoms with Crippen LogP contribution in [0.3, 0.4) is 0 Å². The Balaban J connectivity index is 2.43. The van der Waals surface area contributed by atoms with Gasteiger partial charge in [-0.15, -0.1) is 0 Å². The van der Waals surface area contributed by atoms with Crippen molar-refractivity contribution in [3.8, 4) is 0 Å². The molecule has 1 nitrogen and oxygen atoms in total. The summed E-state index contributed by atoms with van der Waals surface area (Å²) in [6, 6.07) is 20.1. The van der Waals surface area contributed by atoms with Crippen molar-refractivity contribution in [2.75, 3.05) is 0 Å². The van der Waals surface area contributed by atoms with Crippen LogP contribution in [-0.2, 0) is 5.60 Å². The zero-order valence-electron chi connectivity index (χ0n) is 12.4. The molecule has 0 radical (unpaired) electrons. The molecule has 0 aliphatic heterocycles. The van der Waals surface area contributed by atoms with Crippen LogP contribution in [0.15, 0.2) is 60.7 Å². The molecule has 0 spiro atoms. The highest BCUT2D eigenvalue weighted by Gasteiger charge is 2.36. The summed E-state index contributed by atoms with van der Waals surface area (Å²) in [7, 11) is 0. The largest absolute Gasteiger partial charge is 0.380 e. The van der Waals surface area contributed by atoms with E-state index in [1.807, 2.05) is 60.7 Å². The molecular weight excluding hydrogens is 244 g/mol. The molecule has 0 fully saturated rings. The Morgan fingerprint density at radius 3 is 1.75 bits per heavy atom. The van der Waals surface area contributed by atoms with Gasteiger partial charge in [-0.2, -0.15) is 0 Å². The van der Waals surface area contributed by atoms with Crippen molar-refractivity contribution in [1.29, 1.82) is 0 Å². The first-order valence-electron chi connectivity index (χ1n) is 7.53. The minimum atomic E-state index is -0.905. The second kappa shape index (κ2) is 6.71. The van der Waals surface area contributed by atoms with Gasteiger partial charge in [0.15, 0.2) is 0 Å². The smallest absolute Gasteiger partial charge is 0.117 e. The average molecular weight is 268 g/mol. The van der Waals surface area contributed by atoms with Gasteiger partial charge in [0.1, 0.15) is 5.60 Å². The minimum Gasteiger partial charge on any atom is -0.380 e. The number of rotatable bonds is 6. The molecule has 20 heavy (non-hydrogen) atoms. The molecule has 1 atom stereocenters. The first kappa shape index (κ1) is 14.8. The number of unbranched alkanes of at least 4 members (excludes halogenated alkanes) is 1. The molecule has 2 rings (SSSR count). The van der Waals surface area contributed by atoms with Crippen molar-refractivity contribution in [2.45, 2.75) is 38.7 Å². The van der Waals surface area contributed by atoms with Crippen LogP contribution in [0, 0.1) is 5.92 Å². The van der Waals surface area contributed by atoms with Crippen LogP contribution in [-0.4, -0.2) is 5.11 Å². The number of benzene rings is 2. The Morgan fingerprint density at radius 2 is 1.35 bits per heavy atom. The Kier molecular flexibility index (Phi) is 4.97. The fourth-order valence-corrected chi connectivity index (χ4v) is 2.84. The third-order valence-corrected chi connectivity index (χ3v) is 4.13. The van der Waals surface area contributed by atoms with Crippen molar-refractivity contribution >= 4 is 0 Å². The Labute approximate surface area is 122 Å². The quantitative estimate of drug-likeness (QED) is 0.801. The van der Waals surface area contributed by atoms with E-state index in [0.717, 1.165) is 30.4 Å². The summed E-state index contributed by atoms with van der Waals surface area (Å²) in [6.45, 7) is 4.34. The number of hydrogen-bond acceptors (Lipinski definition) is 1. The van der Waals surface area contributed by atoms with E-state index in [4.69, 9.17) is 0 Å². The van der Waals surface area contributed by atoms with Gasteiger partial charge in [0, 0.05) is 0 Å². The van der Waals surface area contributed by atoms with Crippen molar-refractivity contribution in [3.63, 3.8) is 0 Å². The molecule has 0 heterocycles. The van der Waals surface area contributed by atoms with Gasteiger partial charge >= 0.3 is 0 Å². The Bertz CT molecular complexity index is 464. The maximum atomic E-state index is 11.4. The standard InChI is InChI=1S/C19H24O/c1-3-4-11-16(2)19(20,17-12-7-5-8-13-17)18-14-9-6-10-15-18/h5-10,12-16,20H,3-4,11H2,1-2H3. The molecule has 0 saturated carbocycles. The molecule has 0 aromatic heterocycles. The average Bonchev–Trinajstić information content (AvgIpc) is 2.53. The van der Waals surface area contributed by atoms with Gasteiger partial charge in [-0.25, -0.2) is 0 Å². The van der Waals surface area contributed by atoms with Crippen LogP contribution < -0.4 is 0 Å². The van der Waals surface area contributed by atoms with Gasteiger partial charge in [0.05, 0.1) is 0 Å². The fourth-order valence-electron chi connectivity index (χ4n) is 2.84. The van der Waals surface area contributed by atoms with Gasteiger partial charge in [-0.3, -0.25) is 0 Å². The van der Waals surface area contributed by atoms with Crippen LogP contribution in [0.25, 0.3) is 0 Å². The molecule has 0 aliphatic rings. The summed E-state index contributed by atoms with van der Waals surface area (Å²) >= 11 is 0. The second-order valence-electron chi connectivity index (χ2n) is 5.54. The zero-order chi connectivity index (χ0) is 14.4. The predicted molar refractivity (Wildman–Crippen MR) is 84.6 cm³/mol. The van der Waals surface area contributed by atoms with Gasteiger partial charge in [-0.1, -0.05) is 87.4 Å². The molecule has 1 unspecified atom stereocenters. The van der Waals surface area contributed by atoms with Crippen LogP contribution >= 0.6 is 0 Å². The van der Waals surface area contributed by atoms with Crippen LogP contribution in [0.2, 0.25) is 0 Å². The Morgan fingerprint density at radius 1 is 0.900 bits per heavy atom. The van der Waals surface area contributed by atoms with E-state index in [-0.39, 0.29) is 5.92 Å². The monoisotopic (exact) mass is 268 g/mol. The summed E-state index contributed by atoms with van der Waals surface area (Å²) in [5.74, 6) is 0.187. The molecule has 1 N–H and O–H groups in total. The second-order valence-corrected chi connectivity index (χ2v) is 5.54. The summed E-state index contributed by atoms with van der Waals surface area (Å²) in [6.07, 6.45) is 3.32. The molecular formula is C19H24O. The lowest BCUT2D eigenvalue weighted by atomic mass is 9.75. The van der Waals surface area contributed by atoms with Crippen LogP contribution in [0.4, 0.5) is 0 Å². The molecule has 1 heteroatoms. The van der Waals surface area contributed by atoms with Crippen molar-refractivity contribution in [2.24, 2.45) is 5.92 Å². The SMILES string of the molecule is CCCCC(C)C(O)(c1ccccc1)c1ccccc1. The highest BCUT2D eigenvalue weighted by molar-refractivity contribution is 5.36. The third-order valence-electron chi connectivity index (χ3n) is 4.13. The molecule has 0 aliphatic carbocycles. The molecule has 2 aromatic rings. The number of aliphatic hydroxyl groups is 1. The summed E-state index contributed by atoms with van der Waals surface area (Å²) in [5.41, 5.74) is 1.06. The lowest BCUT2D eigenvalue weighted by Crippen LogP contribution is -2.35. The number of hydrogen-bond donors (Lipinski definition) is 1. The van der Waals surface area contributed by atoms with Gasteiger partial charge in [-0.05, 0) is 23.5 Å². The first-order valence-corrected chi connectivity index (χ1v) is 7.53. The topological polar surface area (TPSA) is 20.2 Å². The zero-order valence-corrected chi connectivity index (χ0v) is 12.4. The van der Waals surface area contributed by atoms with E-state index >= 15 is 0 Å². The third kappa shape index (κ3) is 2.94. The van der Waals surface area contributed by atoms with E-state index in [2.05, 4.69) is 13.8 Å². The minimum absolute atomic E-state index is 0.187. The molecule has 0 saturated heterocycles. The summed E-state index contributed by atoms with van der Waals surface area (Å²) < 4.78 is 0. The van der Waals surface area contributed by atoms with Gasteiger partial charge < -0.3 is 5.11 Å². The normalized spacial score (nSPS) is 13.2. The van der Waals surface area contributed by atoms with Crippen LogP contribution in [0.5, 0.6) is 0 Å². The molecule has 106 valence electrons. The van der Waals surface area contributed by atoms with Gasteiger partial charge in [0.2, 0.25) is 0 Å². The van der Waals surface area contributed by atoms with E-state index in [0.29, 0.717) is 0 Å². The molecule has 2 aromatic carbocycles. The molecule has 0 amide bonds. The lowest BCUT2D eigenvalue weighted by Gasteiger charge is -2.35. The fraction of sp³-hybridized carbons (Fsp3) is 0.368. The highest BCUT2D eigenvalue weighted by Crippen LogP contribution is 2.38. The maximum absolute atomic E-state index is 11.4. The predicted octanol–water partition coefficient (Wildman–Crippen LogP) is 4.75. The lowest BCUT2D eigenvalue weighted by molar-refractivity contribution is 0.0193. The van der Waals surface area contributed by atoms with E-state index in [1.165, 1.54) is 0 Å². The summed E-state index contributed by atoms with van der Waals surface area (Å²) in [4.78, 5) is 0. The summed E-state index contributed by atoms with van der Waals surface area (Å²) in [5, 5.41) is 11.4. The van der Waals surface area contributed by atoms with Gasteiger partial charge in [0.25, 0.3) is 0 Å². The van der Waals surface area contributed by atoms with Crippen molar-refractivity contribution < 1.29 is 5.11 Å². The van der Waals surface area contributed by atoms with Crippen molar-refractivity contribution in [1.82, 2.24) is 0 Å². The first-order chi connectivity index (χ1) is 9.69.